The van der Waals surface area contributed by atoms with Crippen LogP contribution >= 0.6 is 0 Å². The number of allylic oxidation sites excluding steroid dienone is 16. The molecule has 12 heteroatoms. The van der Waals surface area contributed by atoms with E-state index in [1.165, 1.54) is 12.8 Å². The molecule has 0 aromatic carbocycles. The minimum Gasteiger partial charge on any atom is -0.479 e. The van der Waals surface area contributed by atoms with Crippen LogP contribution in [0.3, 0.4) is 0 Å². The molecular formula is C61H98O12. The predicted octanol–water partition coefficient (Wildman–Crippen LogP) is 14.1. The number of hydrogen-bond donors (Lipinski definition) is 3. The monoisotopic (exact) mass is 1020 g/mol. The van der Waals surface area contributed by atoms with Crippen molar-refractivity contribution in [3.05, 3.63) is 97.2 Å². The van der Waals surface area contributed by atoms with E-state index in [-0.39, 0.29) is 25.9 Å². The number of carbonyl (C=O) groups excluding carboxylic acids is 3. The molecule has 0 bridgehead atoms. The fourth-order valence-electron chi connectivity index (χ4n) is 7.76. The molecule has 0 radical (unpaired) electrons. The molecule has 1 heterocycles. The van der Waals surface area contributed by atoms with Gasteiger partial charge in [-0.2, -0.15) is 0 Å². The van der Waals surface area contributed by atoms with Gasteiger partial charge in [0.1, 0.15) is 18.8 Å². The molecule has 0 aliphatic carbocycles. The zero-order chi connectivity index (χ0) is 53.3. The molecule has 0 aromatic rings. The quantitative estimate of drug-likeness (QED) is 0.0228. The van der Waals surface area contributed by atoms with Crippen LogP contribution in [0, 0.1) is 0 Å². The minimum atomic E-state index is -1.91. The number of aliphatic carboxylic acids is 1. The van der Waals surface area contributed by atoms with Crippen LogP contribution in [0.25, 0.3) is 0 Å². The third kappa shape index (κ3) is 38.8. The van der Waals surface area contributed by atoms with Crippen molar-refractivity contribution in [3.8, 4) is 0 Å². The van der Waals surface area contributed by atoms with E-state index in [2.05, 4.69) is 118 Å². The van der Waals surface area contributed by atoms with Crippen molar-refractivity contribution in [1.29, 1.82) is 0 Å². The van der Waals surface area contributed by atoms with E-state index in [1.54, 1.807) is 0 Å². The smallest absolute Gasteiger partial charge is 0.335 e. The molecule has 1 aliphatic heterocycles. The number of ether oxygens (including phenoxy) is 5. The molecule has 6 unspecified atom stereocenters. The lowest BCUT2D eigenvalue weighted by Crippen LogP contribution is -2.61. The summed E-state index contributed by atoms with van der Waals surface area (Å²) in [6, 6.07) is 0. The average Bonchev–Trinajstić information content (AvgIpc) is 3.37. The number of carboxylic acid groups (broad SMARTS) is 1. The number of unbranched alkanes of at least 4 members (excludes halogenated alkanes) is 16. The molecule has 73 heavy (non-hydrogen) atoms. The van der Waals surface area contributed by atoms with Gasteiger partial charge < -0.3 is 39.0 Å². The summed E-state index contributed by atoms with van der Waals surface area (Å²) in [6.45, 7) is 5.70. The normalized spacial score (nSPS) is 19.1. The Morgan fingerprint density at radius 1 is 0.466 bits per heavy atom. The first-order valence-electron chi connectivity index (χ1n) is 28.2. The second kappa shape index (κ2) is 48.6. The Hall–Kier alpha value is -4.36. The Morgan fingerprint density at radius 3 is 1.40 bits per heavy atom. The molecular weight excluding hydrogens is 925 g/mol. The van der Waals surface area contributed by atoms with E-state index < -0.39 is 67.3 Å². The summed E-state index contributed by atoms with van der Waals surface area (Å²) in [4.78, 5) is 51.0. The topological polar surface area (TPSA) is 175 Å². The summed E-state index contributed by atoms with van der Waals surface area (Å²) in [5.41, 5.74) is 0. The number of carbonyl (C=O) groups is 4. The highest BCUT2D eigenvalue weighted by atomic mass is 16.7. The highest BCUT2D eigenvalue weighted by Crippen LogP contribution is 2.26. The van der Waals surface area contributed by atoms with Crippen LogP contribution in [0.5, 0.6) is 0 Å². The van der Waals surface area contributed by atoms with E-state index in [0.717, 1.165) is 141 Å². The molecule has 0 saturated carbocycles. The fraction of sp³-hybridized carbons (Fsp3) is 0.672. The number of esters is 3. The maximum absolute atomic E-state index is 13.1. The summed E-state index contributed by atoms with van der Waals surface area (Å²) in [5.74, 6) is -3.21. The van der Waals surface area contributed by atoms with Crippen LogP contribution in [-0.2, 0) is 42.9 Å². The maximum Gasteiger partial charge on any atom is 0.335 e. The Bertz CT molecular complexity index is 1640. The second-order valence-electron chi connectivity index (χ2n) is 18.8. The zero-order valence-corrected chi connectivity index (χ0v) is 45.3. The summed E-state index contributed by atoms with van der Waals surface area (Å²) in [7, 11) is 0. The molecule has 414 valence electrons. The highest BCUT2D eigenvalue weighted by molar-refractivity contribution is 5.74. The van der Waals surface area contributed by atoms with E-state index in [4.69, 9.17) is 23.7 Å². The lowest BCUT2D eigenvalue weighted by atomic mass is 9.98. The van der Waals surface area contributed by atoms with Gasteiger partial charge in [0.05, 0.1) is 6.61 Å². The number of rotatable bonds is 46. The Labute approximate surface area is 441 Å². The van der Waals surface area contributed by atoms with Gasteiger partial charge in [0.2, 0.25) is 0 Å². The largest absolute Gasteiger partial charge is 0.479 e. The number of carboxylic acids is 1. The highest BCUT2D eigenvalue weighted by Gasteiger charge is 2.50. The van der Waals surface area contributed by atoms with Gasteiger partial charge in [-0.25, -0.2) is 4.79 Å². The average molecular weight is 1020 g/mol. The molecule has 1 aliphatic rings. The van der Waals surface area contributed by atoms with Gasteiger partial charge in [-0.15, -0.1) is 0 Å². The molecule has 0 aromatic heterocycles. The predicted molar refractivity (Wildman–Crippen MR) is 294 cm³/mol. The minimum absolute atomic E-state index is 0.0406. The molecule has 1 fully saturated rings. The van der Waals surface area contributed by atoms with E-state index in [9.17, 15) is 34.5 Å². The zero-order valence-electron chi connectivity index (χ0n) is 45.3. The van der Waals surface area contributed by atoms with Gasteiger partial charge in [-0.3, -0.25) is 14.4 Å². The van der Waals surface area contributed by atoms with Crippen molar-refractivity contribution in [2.45, 2.75) is 250 Å². The lowest BCUT2D eigenvalue weighted by Gasteiger charge is -2.40. The molecule has 12 nitrogen and oxygen atoms in total. The lowest BCUT2D eigenvalue weighted by molar-refractivity contribution is -0.301. The first-order chi connectivity index (χ1) is 35.6. The van der Waals surface area contributed by atoms with Gasteiger partial charge in [-0.1, -0.05) is 182 Å². The second-order valence-corrected chi connectivity index (χ2v) is 18.8. The number of aliphatic hydroxyl groups is 2. The number of aliphatic hydroxyl groups excluding tert-OH is 2. The Morgan fingerprint density at radius 2 is 0.890 bits per heavy atom. The van der Waals surface area contributed by atoms with Crippen LogP contribution in [0.1, 0.15) is 213 Å². The third-order valence-corrected chi connectivity index (χ3v) is 12.1. The van der Waals surface area contributed by atoms with Crippen molar-refractivity contribution >= 4 is 23.9 Å². The molecule has 1 saturated heterocycles. The first kappa shape index (κ1) is 66.7. The van der Waals surface area contributed by atoms with Crippen LogP contribution in [0.4, 0.5) is 0 Å². The maximum atomic E-state index is 13.1. The van der Waals surface area contributed by atoms with Gasteiger partial charge in [0.25, 0.3) is 0 Å². The number of hydrogen-bond acceptors (Lipinski definition) is 11. The Balaban J connectivity index is 2.73. The van der Waals surface area contributed by atoms with Crippen LogP contribution in [0.15, 0.2) is 97.2 Å². The summed E-state index contributed by atoms with van der Waals surface area (Å²) >= 11 is 0. The van der Waals surface area contributed by atoms with E-state index in [0.29, 0.717) is 19.3 Å². The van der Waals surface area contributed by atoms with Gasteiger partial charge in [-0.05, 0) is 109 Å². The van der Waals surface area contributed by atoms with Crippen molar-refractivity contribution in [2.24, 2.45) is 0 Å². The molecule has 0 spiro atoms. The van der Waals surface area contributed by atoms with E-state index >= 15 is 0 Å². The first-order valence-corrected chi connectivity index (χ1v) is 28.2. The van der Waals surface area contributed by atoms with Crippen LogP contribution in [-0.4, -0.2) is 89.2 Å². The summed E-state index contributed by atoms with van der Waals surface area (Å²) < 4.78 is 28.3. The molecule has 6 atom stereocenters. The van der Waals surface area contributed by atoms with Crippen LogP contribution in [0.2, 0.25) is 0 Å². The summed E-state index contributed by atoms with van der Waals surface area (Å²) in [5, 5.41) is 31.4. The van der Waals surface area contributed by atoms with Crippen molar-refractivity contribution in [2.75, 3.05) is 13.2 Å². The SMILES string of the molecule is CC/C=C\C/C=C\C/C=C\C/C=C\C/C=C\CCCCCC(=O)OCC(COC1OC(C(=O)O)C(O)C(O)C1OC(=O)CCCCCCC/C=C\CCCC)OC(=O)CCCCCCC/C=C\C/C=C\CCC. The van der Waals surface area contributed by atoms with Crippen LogP contribution < -0.4 is 0 Å². The Kier molecular flexibility index (Phi) is 44.4. The van der Waals surface area contributed by atoms with Crippen molar-refractivity contribution in [1.82, 2.24) is 0 Å². The van der Waals surface area contributed by atoms with Gasteiger partial charge >= 0.3 is 23.9 Å². The molecule has 1 rings (SSSR count). The standard InChI is InChI=1S/C61H98O12/c1-4-7-10-13-16-19-22-24-25-26-27-28-29-31-33-35-38-41-44-47-53(62)69-50-52(71-54(63)48-45-42-39-37-34-30-23-20-17-14-11-8-5-2)51-70-61-59(57(66)56(65)58(73-61)60(67)68)72-55(64)49-46-43-40-36-32-21-18-15-12-9-6-3/h7,10-11,14-16,18-20,23-25,27-28,31,33,52,56-59,61,65-66H,4-6,8-9,12-13,17,21-22,26,29-30,32,34-51H2,1-3H3,(H,67,68)/b10-7-,14-11-,18-15-,19-16-,23-20-,25-24-,28-27-,33-31-. The van der Waals surface area contributed by atoms with E-state index in [1.807, 2.05) is 0 Å². The van der Waals surface area contributed by atoms with Crippen molar-refractivity contribution in [3.63, 3.8) is 0 Å². The molecule has 0 amide bonds. The molecule has 3 N–H and O–H groups in total. The summed E-state index contributed by atoms with van der Waals surface area (Å²) in [6.07, 6.45) is 51.0. The van der Waals surface area contributed by atoms with Gasteiger partial charge in [0, 0.05) is 19.3 Å². The third-order valence-electron chi connectivity index (χ3n) is 12.1. The van der Waals surface area contributed by atoms with Crippen molar-refractivity contribution < 1.29 is 58.2 Å². The fourth-order valence-corrected chi connectivity index (χ4v) is 7.76. The van der Waals surface area contributed by atoms with Gasteiger partial charge in [0.15, 0.2) is 24.6 Å².